The molecule has 0 saturated carbocycles. The van der Waals surface area contributed by atoms with E-state index in [2.05, 4.69) is 5.32 Å². The molecular formula is C26H27N3O3S. The van der Waals surface area contributed by atoms with Gasteiger partial charge in [0.2, 0.25) is 0 Å². The van der Waals surface area contributed by atoms with Crippen molar-refractivity contribution in [2.75, 3.05) is 5.75 Å². The van der Waals surface area contributed by atoms with Gasteiger partial charge in [0.1, 0.15) is 0 Å². The smallest absolute Gasteiger partial charge is 0.264 e. The maximum absolute atomic E-state index is 13.9. The summed E-state index contributed by atoms with van der Waals surface area (Å²) in [5.74, 6) is -0.116. The van der Waals surface area contributed by atoms with Gasteiger partial charge in [-0.05, 0) is 28.7 Å². The third-order valence-corrected chi connectivity index (χ3v) is 7.59. The van der Waals surface area contributed by atoms with E-state index in [0.29, 0.717) is 12.0 Å². The van der Waals surface area contributed by atoms with E-state index in [1.807, 2.05) is 73.7 Å². The zero-order chi connectivity index (χ0) is 23.5. The van der Waals surface area contributed by atoms with Gasteiger partial charge in [0.15, 0.2) is 21.3 Å². The second kappa shape index (κ2) is 9.19. The van der Waals surface area contributed by atoms with Gasteiger partial charge in [-0.1, -0.05) is 91.9 Å². The van der Waals surface area contributed by atoms with Crippen LogP contribution in [0.1, 0.15) is 35.6 Å². The predicted molar refractivity (Wildman–Crippen MR) is 129 cm³/mol. The second-order valence-corrected chi connectivity index (χ2v) is 10.4. The van der Waals surface area contributed by atoms with Gasteiger partial charge >= 0.3 is 0 Å². The summed E-state index contributed by atoms with van der Waals surface area (Å²) in [5.41, 5.74) is 1.78. The molecule has 1 heterocycles. The van der Waals surface area contributed by atoms with Crippen LogP contribution in [0, 0.1) is 5.41 Å². The summed E-state index contributed by atoms with van der Waals surface area (Å²) in [4.78, 5) is 15.3. The number of nitrogens with one attached hydrogen (secondary N) is 2. The minimum atomic E-state index is -3.18. The minimum Gasteiger partial charge on any atom is -0.334 e. The van der Waals surface area contributed by atoms with E-state index in [4.69, 9.17) is 5.41 Å². The van der Waals surface area contributed by atoms with Crippen LogP contribution < -0.4 is 5.32 Å². The lowest BCUT2D eigenvalue weighted by molar-refractivity contribution is -0.130. The third kappa shape index (κ3) is 4.54. The van der Waals surface area contributed by atoms with E-state index in [1.54, 1.807) is 18.2 Å². The van der Waals surface area contributed by atoms with E-state index in [0.717, 1.165) is 16.7 Å². The SMILES string of the molecule is CCCS(=O)(=O)Cc1cccc(CN2C(=N)NC(c3ccccc3)(c3ccccc3)C2=O)c1. The summed E-state index contributed by atoms with van der Waals surface area (Å²) in [6.07, 6.45) is 0.578. The van der Waals surface area contributed by atoms with E-state index in [-0.39, 0.29) is 29.9 Å². The van der Waals surface area contributed by atoms with Crippen LogP contribution in [-0.4, -0.2) is 30.9 Å². The lowest BCUT2D eigenvalue weighted by atomic mass is 9.82. The molecule has 1 aliphatic heterocycles. The van der Waals surface area contributed by atoms with Crippen molar-refractivity contribution in [3.63, 3.8) is 0 Å². The Balaban J connectivity index is 1.67. The first kappa shape index (κ1) is 22.7. The van der Waals surface area contributed by atoms with E-state index < -0.39 is 15.4 Å². The first-order chi connectivity index (χ1) is 15.9. The van der Waals surface area contributed by atoms with Crippen molar-refractivity contribution >= 4 is 21.7 Å². The molecule has 33 heavy (non-hydrogen) atoms. The maximum atomic E-state index is 13.9. The van der Waals surface area contributed by atoms with Gasteiger partial charge in [-0.15, -0.1) is 0 Å². The molecule has 0 bridgehead atoms. The van der Waals surface area contributed by atoms with Crippen molar-refractivity contribution in [3.05, 3.63) is 107 Å². The van der Waals surface area contributed by atoms with Gasteiger partial charge < -0.3 is 5.32 Å². The molecule has 0 aliphatic carbocycles. The van der Waals surface area contributed by atoms with Crippen molar-refractivity contribution in [2.24, 2.45) is 0 Å². The Bertz CT molecular complexity index is 1220. The van der Waals surface area contributed by atoms with Gasteiger partial charge in [-0.2, -0.15) is 0 Å². The van der Waals surface area contributed by atoms with E-state index >= 15 is 0 Å². The van der Waals surface area contributed by atoms with E-state index in [1.165, 1.54) is 4.90 Å². The molecule has 3 aromatic carbocycles. The fourth-order valence-corrected chi connectivity index (χ4v) is 5.78. The average Bonchev–Trinajstić information content (AvgIpc) is 3.06. The van der Waals surface area contributed by atoms with Crippen LogP contribution in [0.25, 0.3) is 0 Å². The largest absolute Gasteiger partial charge is 0.334 e. The number of rotatable bonds is 8. The van der Waals surface area contributed by atoms with Gasteiger partial charge in [0.25, 0.3) is 5.91 Å². The summed E-state index contributed by atoms with van der Waals surface area (Å²) < 4.78 is 24.5. The van der Waals surface area contributed by atoms with Gasteiger partial charge in [0.05, 0.1) is 18.1 Å². The molecule has 4 rings (SSSR count). The second-order valence-electron chi connectivity index (χ2n) is 8.26. The fourth-order valence-electron chi connectivity index (χ4n) is 4.33. The quantitative estimate of drug-likeness (QED) is 0.534. The summed E-state index contributed by atoms with van der Waals surface area (Å²) in [6.45, 7) is 2.02. The van der Waals surface area contributed by atoms with Crippen LogP contribution >= 0.6 is 0 Å². The Kier molecular flexibility index (Phi) is 6.33. The average molecular weight is 462 g/mol. The number of hydrogen-bond donors (Lipinski definition) is 2. The number of amides is 1. The number of hydrogen-bond acceptors (Lipinski definition) is 4. The predicted octanol–water partition coefficient (Wildman–Crippen LogP) is 3.82. The summed E-state index contributed by atoms with van der Waals surface area (Å²) >= 11 is 0. The standard InChI is InChI=1S/C26H27N3O3S/c1-2-16-33(31,32)19-21-11-9-10-20(17-21)18-29-24(30)26(28-25(29)27,22-12-5-3-6-13-22)23-14-7-4-8-15-23/h3-15,17H,2,16,18-19H2,1H3,(H2,27,28). The van der Waals surface area contributed by atoms with Crippen molar-refractivity contribution < 1.29 is 13.2 Å². The van der Waals surface area contributed by atoms with Gasteiger partial charge in [-0.3, -0.25) is 15.1 Å². The number of sulfone groups is 1. The molecule has 170 valence electrons. The highest BCUT2D eigenvalue weighted by atomic mass is 32.2. The topological polar surface area (TPSA) is 90.3 Å². The molecular weight excluding hydrogens is 434 g/mol. The zero-order valence-electron chi connectivity index (χ0n) is 18.5. The highest BCUT2D eigenvalue weighted by Gasteiger charge is 2.52. The van der Waals surface area contributed by atoms with Gasteiger partial charge in [0, 0.05) is 0 Å². The molecule has 1 amide bonds. The highest BCUT2D eigenvalue weighted by Crippen LogP contribution is 2.36. The Labute approximate surface area is 194 Å². The van der Waals surface area contributed by atoms with Crippen molar-refractivity contribution in [1.82, 2.24) is 10.2 Å². The van der Waals surface area contributed by atoms with E-state index in [9.17, 15) is 13.2 Å². The van der Waals surface area contributed by atoms with Crippen molar-refractivity contribution in [1.29, 1.82) is 5.41 Å². The van der Waals surface area contributed by atoms with Crippen LogP contribution in [0.2, 0.25) is 0 Å². The van der Waals surface area contributed by atoms with Crippen LogP contribution in [-0.2, 0) is 32.5 Å². The molecule has 7 heteroatoms. The molecule has 0 atom stereocenters. The number of nitrogens with zero attached hydrogens (tertiary/aromatic N) is 1. The number of benzene rings is 3. The highest BCUT2D eigenvalue weighted by molar-refractivity contribution is 7.90. The first-order valence-electron chi connectivity index (χ1n) is 10.9. The summed E-state index contributed by atoms with van der Waals surface area (Å²) in [6, 6.07) is 26.1. The molecule has 3 aromatic rings. The lowest BCUT2D eigenvalue weighted by Gasteiger charge is -2.28. The number of carbonyl (C=O) groups is 1. The molecule has 1 fully saturated rings. The van der Waals surface area contributed by atoms with Crippen LogP contribution in [0.5, 0.6) is 0 Å². The normalized spacial score (nSPS) is 15.5. The number of carbonyl (C=O) groups excluding carboxylic acids is 1. The summed E-state index contributed by atoms with van der Waals surface area (Å²) in [5, 5.41) is 11.7. The van der Waals surface area contributed by atoms with Crippen LogP contribution in [0.15, 0.2) is 84.9 Å². The Morgan fingerprint density at radius 1 is 0.879 bits per heavy atom. The monoisotopic (exact) mass is 461 g/mol. The van der Waals surface area contributed by atoms with Crippen LogP contribution in [0.3, 0.4) is 0 Å². The van der Waals surface area contributed by atoms with Gasteiger partial charge in [-0.25, -0.2) is 8.42 Å². The molecule has 1 saturated heterocycles. The lowest BCUT2D eigenvalue weighted by Crippen LogP contribution is -2.45. The Hall–Kier alpha value is -3.45. The Morgan fingerprint density at radius 2 is 1.45 bits per heavy atom. The van der Waals surface area contributed by atoms with Crippen LogP contribution in [0.4, 0.5) is 0 Å². The molecule has 0 radical (unpaired) electrons. The molecule has 2 N–H and O–H groups in total. The minimum absolute atomic E-state index is 0.0108. The Morgan fingerprint density at radius 3 is 2.03 bits per heavy atom. The summed E-state index contributed by atoms with van der Waals surface area (Å²) in [7, 11) is -3.18. The molecule has 0 spiro atoms. The number of guanidine groups is 1. The first-order valence-corrected chi connectivity index (χ1v) is 12.8. The molecule has 0 aromatic heterocycles. The molecule has 1 aliphatic rings. The van der Waals surface area contributed by atoms with Crippen molar-refractivity contribution in [2.45, 2.75) is 31.2 Å². The molecule has 0 unspecified atom stereocenters. The molecule has 6 nitrogen and oxygen atoms in total. The fraction of sp³-hybridized carbons (Fsp3) is 0.231. The maximum Gasteiger partial charge on any atom is 0.264 e. The third-order valence-electron chi connectivity index (χ3n) is 5.79. The zero-order valence-corrected chi connectivity index (χ0v) is 19.3. The van der Waals surface area contributed by atoms with Crippen molar-refractivity contribution in [3.8, 4) is 0 Å².